The fraction of sp³-hybridized carbons (Fsp3) is 0.519. The average molecular weight is 476 g/mol. The minimum Gasteiger partial charge on any atom is -0.497 e. The number of carbonyl (C=O) groups is 1. The summed E-state index contributed by atoms with van der Waals surface area (Å²) >= 11 is 0. The first-order valence-electron chi connectivity index (χ1n) is 12.7. The van der Waals surface area contributed by atoms with E-state index in [2.05, 4.69) is 25.9 Å². The van der Waals surface area contributed by atoms with Crippen molar-refractivity contribution < 1.29 is 14.6 Å². The zero-order chi connectivity index (χ0) is 24.0. The Balaban J connectivity index is 1.37. The number of H-pyrrole nitrogens is 1. The average Bonchev–Trinajstić information content (AvgIpc) is 3.62. The van der Waals surface area contributed by atoms with Crippen molar-refractivity contribution in [2.45, 2.75) is 50.1 Å². The molecule has 1 spiro atoms. The van der Waals surface area contributed by atoms with Gasteiger partial charge in [0.1, 0.15) is 12.1 Å². The summed E-state index contributed by atoms with van der Waals surface area (Å²) in [5.74, 6) is 1.49. The van der Waals surface area contributed by atoms with E-state index in [1.54, 1.807) is 13.4 Å². The molecule has 1 aliphatic carbocycles. The van der Waals surface area contributed by atoms with Gasteiger partial charge in [0, 0.05) is 65.5 Å². The fourth-order valence-electron chi connectivity index (χ4n) is 6.17. The molecule has 8 nitrogen and oxygen atoms in total. The van der Waals surface area contributed by atoms with E-state index in [-0.39, 0.29) is 24.0 Å². The molecule has 8 heteroatoms. The van der Waals surface area contributed by atoms with Crippen LogP contribution in [0.4, 0.5) is 0 Å². The van der Waals surface area contributed by atoms with E-state index in [1.165, 1.54) is 10.9 Å². The number of hydrogen-bond acceptors (Lipinski definition) is 6. The predicted molar refractivity (Wildman–Crippen MR) is 132 cm³/mol. The summed E-state index contributed by atoms with van der Waals surface area (Å²) in [6.45, 7) is 3.29. The Labute approximate surface area is 205 Å². The Bertz CT molecular complexity index is 1210. The monoisotopic (exact) mass is 475 g/mol. The zero-order valence-electron chi connectivity index (χ0n) is 20.2. The lowest BCUT2D eigenvalue weighted by Gasteiger charge is -2.50. The van der Waals surface area contributed by atoms with Gasteiger partial charge in [0.25, 0.3) is 0 Å². The van der Waals surface area contributed by atoms with Gasteiger partial charge in [-0.2, -0.15) is 0 Å². The normalized spacial score (nSPS) is 21.9. The highest BCUT2D eigenvalue weighted by molar-refractivity contribution is 5.89. The molecule has 1 saturated carbocycles. The van der Waals surface area contributed by atoms with Gasteiger partial charge in [0.05, 0.1) is 19.8 Å². The molecular formula is C27H33N5O3. The van der Waals surface area contributed by atoms with Gasteiger partial charge in [0.15, 0.2) is 0 Å². The third-order valence-corrected chi connectivity index (χ3v) is 8.23. The van der Waals surface area contributed by atoms with E-state index in [9.17, 15) is 9.90 Å². The summed E-state index contributed by atoms with van der Waals surface area (Å²) in [6, 6.07) is 5.83. The highest BCUT2D eigenvalue weighted by atomic mass is 16.5. The lowest BCUT2D eigenvalue weighted by Crippen LogP contribution is -2.55. The number of piperidine rings is 1. The molecule has 35 heavy (non-hydrogen) atoms. The van der Waals surface area contributed by atoms with Crippen LogP contribution in [0.5, 0.6) is 5.75 Å². The van der Waals surface area contributed by atoms with Gasteiger partial charge in [-0.05, 0) is 62.4 Å². The largest absolute Gasteiger partial charge is 0.497 e. The van der Waals surface area contributed by atoms with Crippen LogP contribution in [-0.2, 0) is 16.8 Å². The Kier molecular flexibility index (Phi) is 5.73. The molecule has 0 radical (unpaired) electrons. The lowest BCUT2D eigenvalue weighted by molar-refractivity contribution is -0.137. The summed E-state index contributed by atoms with van der Waals surface area (Å²) in [5.41, 5.74) is 4.26. The van der Waals surface area contributed by atoms with E-state index in [0.29, 0.717) is 18.9 Å². The SMILES string of the molecule is COc1ccc2c3c([nH]c2c1)[C@H](CO)N(C(=O)CC1CC1)CC31CCN(Cc2cncnc2)CC1. The molecule has 184 valence electrons. The minimum absolute atomic E-state index is 0.0798. The number of rotatable bonds is 6. The van der Waals surface area contributed by atoms with Crippen LogP contribution in [-0.4, -0.2) is 69.1 Å². The molecule has 4 heterocycles. The van der Waals surface area contributed by atoms with Gasteiger partial charge >= 0.3 is 0 Å². The number of aromatic nitrogens is 3. The first kappa shape index (κ1) is 22.5. The van der Waals surface area contributed by atoms with E-state index in [4.69, 9.17) is 4.74 Å². The van der Waals surface area contributed by atoms with Crippen LogP contribution in [0.15, 0.2) is 36.9 Å². The molecule has 2 aliphatic heterocycles. The first-order valence-corrected chi connectivity index (χ1v) is 12.7. The van der Waals surface area contributed by atoms with Gasteiger partial charge in [0.2, 0.25) is 5.91 Å². The predicted octanol–water partition coefficient (Wildman–Crippen LogP) is 3.18. The molecule has 0 unspecified atom stereocenters. The molecule has 1 saturated heterocycles. The molecule has 2 fully saturated rings. The van der Waals surface area contributed by atoms with Crippen LogP contribution in [0, 0.1) is 5.92 Å². The van der Waals surface area contributed by atoms with Crippen molar-refractivity contribution in [2.24, 2.45) is 5.92 Å². The molecule has 3 aromatic rings. The molecule has 6 rings (SSSR count). The summed E-state index contributed by atoms with van der Waals surface area (Å²) in [5, 5.41) is 11.6. The number of likely N-dealkylation sites (tertiary alicyclic amines) is 1. The van der Waals surface area contributed by atoms with Crippen molar-refractivity contribution in [1.29, 1.82) is 0 Å². The van der Waals surface area contributed by atoms with Crippen molar-refractivity contribution in [3.63, 3.8) is 0 Å². The van der Waals surface area contributed by atoms with E-state index in [0.717, 1.165) is 67.8 Å². The summed E-state index contributed by atoms with van der Waals surface area (Å²) in [4.78, 5) is 29.8. The second kappa shape index (κ2) is 8.91. The number of carbonyl (C=O) groups excluding carboxylic acids is 1. The number of ether oxygens (including phenoxy) is 1. The van der Waals surface area contributed by atoms with Crippen molar-refractivity contribution in [1.82, 2.24) is 24.8 Å². The van der Waals surface area contributed by atoms with Crippen molar-refractivity contribution in [2.75, 3.05) is 33.4 Å². The molecule has 1 aromatic carbocycles. The van der Waals surface area contributed by atoms with Gasteiger partial charge in [-0.1, -0.05) is 0 Å². The number of fused-ring (bicyclic) bond motifs is 4. The molecular weight excluding hydrogens is 442 g/mol. The summed E-state index contributed by atoms with van der Waals surface area (Å²) < 4.78 is 5.47. The van der Waals surface area contributed by atoms with Gasteiger partial charge in [-0.3, -0.25) is 9.69 Å². The van der Waals surface area contributed by atoms with Gasteiger partial charge in [-0.25, -0.2) is 9.97 Å². The standard InChI is InChI=1S/C27H33N5O3/c1-35-20-4-5-21-22(11-20)30-26-23(15-33)32(24(34)10-18-2-3-18)16-27(25(21)26)6-8-31(9-7-27)14-19-12-28-17-29-13-19/h4-5,11-13,17-18,23,30,33H,2-3,6-10,14-16H2,1H3/t23-/m0/s1. The number of amides is 1. The number of aliphatic hydroxyl groups is 1. The van der Waals surface area contributed by atoms with Crippen LogP contribution in [0.2, 0.25) is 0 Å². The Morgan fingerprint density at radius 2 is 2.00 bits per heavy atom. The number of aromatic amines is 1. The summed E-state index contributed by atoms with van der Waals surface area (Å²) in [7, 11) is 1.67. The van der Waals surface area contributed by atoms with Gasteiger partial charge in [-0.15, -0.1) is 0 Å². The number of hydrogen-bond donors (Lipinski definition) is 2. The number of nitrogens with zero attached hydrogens (tertiary/aromatic N) is 4. The molecule has 2 aromatic heterocycles. The second-order valence-electron chi connectivity index (χ2n) is 10.5. The smallest absolute Gasteiger partial charge is 0.223 e. The minimum atomic E-state index is -0.334. The fourth-order valence-corrected chi connectivity index (χ4v) is 6.17. The number of benzene rings is 1. The Morgan fingerprint density at radius 3 is 2.69 bits per heavy atom. The number of nitrogens with one attached hydrogen (secondary N) is 1. The van der Waals surface area contributed by atoms with Crippen LogP contribution in [0.3, 0.4) is 0 Å². The third-order valence-electron chi connectivity index (χ3n) is 8.23. The maximum atomic E-state index is 13.4. The van der Waals surface area contributed by atoms with Crippen molar-refractivity contribution >= 4 is 16.8 Å². The number of methoxy groups -OCH3 is 1. The number of aliphatic hydroxyl groups excluding tert-OH is 1. The van der Waals surface area contributed by atoms with Crippen molar-refractivity contribution in [3.8, 4) is 5.75 Å². The second-order valence-corrected chi connectivity index (χ2v) is 10.5. The Hall–Kier alpha value is -2.97. The van der Waals surface area contributed by atoms with Gasteiger partial charge < -0.3 is 19.7 Å². The summed E-state index contributed by atoms with van der Waals surface area (Å²) in [6.07, 6.45) is 10.1. The lowest BCUT2D eigenvalue weighted by atomic mass is 9.68. The highest BCUT2D eigenvalue weighted by Crippen LogP contribution is 2.49. The Morgan fingerprint density at radius 1 is 1.23 bits per heavy atom. The highest BCUT2D eigenvalue weighted by Gasteiger charge is 2.49. The van der Waals surface area contributed by atoms with Crippen LogP contribution >= 0.6 is 0 Å². The molecule has 1 atom stereocenters. The molecule has 1 amide bonds. The molecule has 0 bridgehead atoms. The van der Waals surface area contributed by atoms with E-state index in [1.807, 2.05) is 29.4 Å². The molecule has 3 aliphatic rings. The maximum absolute atomic E-state index is 13.4. The van der Waals surface area contributed by atoms with Crippen LogP contribution in [0.1, 0.15) is 55.0 Å². The maximum Gasteiger partial charge on any atom is 0.223 e. The van der Waals surface area contributed by atoms with E-state index >= 15 is 0 Å². The zero-order valence-corrected chi connectivity index (χ0v) is 20.2. The molecule has 2 N–H and O–H groups in total. The first-order chi connectivity index (χ1) is 17.1. The topological polar surface area (TPSA) is 94.6 Å². The van der Waals surface area contributed by atoms with Crippen LogP contribution in [0.25, 0.3) is 10.9 Å². The van der Waals surface area contributed by atoms with Crippen molar-refractivity contribution in [3.05, 3.63) is 53.7 Å². The van der Waals surface area contributed by atoms with Crippen LogP contribution < -0.4 is 4.74 Å². The quantitative estimate of drug-likeness (QED) is 0.569. The third kappa shape index (κ3) is 4.08. The van der Waals surface area contributed by atoms with E-state index < -0.39 is 0 Å².